The van der Waals surface area contributed by atoms with E-state index in [0.29, 0.717) is 18.4 Å². The zero-order valence-electron chi connectivity index (χ0n) is 8.60. The van der Waals surface area contributed by atoms with Gasteiger partial charge in [-0.25, -0.2) is 0 Å². The molecule has 0 saturated carbocycles. The minimum atomic E-state index is 0.215. The van der Waals surface area contributed by atoms with E-state index in [-0.39, 0.29) is 5.91 Å². The summed E-state index contributed by atoms with van der Waals surface area (Å²) in [6, 6.07) is 0.338. The van der Waals surface area contributed by atoms with Crippen molar-refractivity contribution in [2.75, 3.05) is 13.1 Å². The SMILES string of the molecule is CCCC(C)NC(=O)CC1CNC1. The molecule has 0 aliphatic carbocycles. The van der Waals surface area contributed by atoms with Gasteiger partial charge in [-0.1, -0.05) is 13.3 Å². The van der Waals surface area contributed by atoms with Crippen LogP contribution in [0, 0.1) is 5.92 Å². The van der Waals surface area contributed by atoms with E-state index < -0.39 is 0 Å². The van der Waals surface area contributed by atoms with E-state index in [9.17, 15) is 4.79 Å². The third-order valence-corrected chi connectivity index (χ3v) is 2.47. The molecule has 3 nitrogen and oxygen atoms in total. The molecule has 1 heterocycles. The van der Waals surface area contributed by atoms with Crippen molar-refractivity contribution in [2.24, 2.45) is 5.92 Å². The van der Waals surface area contributed by atoms with Crippen LogP contribution < -0.4 is 10.6 Å². The van der Waals surface area contributed by atoms with Crippen LogP contribution in [-0.2, 0) is 4.79 Å². The van der Waals surface area contributed by atoms with Gasteiger partial charge >= 0.3 is 0 Å². The standard InChI is InChI=1S/C10H20N2O/c1-3-4-8(2)12-10(13)5-9-6-11-7-9/h8-9,11H,3-7H2,1-2H3,(H,12,13). The first-order valence-corrected chi connectivity index (χ1v) is 5.22. The Balaban J connectivity index is 2.08. The third-order valence-electron chi connectivity index (χ3n) is 2.47. The van der Waals surface area contributed by atoms with Gasteiger partial charge < -0.3 is 10.6 Å². The minimum Gasteiger partial charge on any atom is -0.354 e. The number of carbonyl (C=O) groups is 1. The van der Waals surface area contributed by atoms with Crippen LogP contribution in [0.5, 0.6) is 0 Å². The summed E-state index contributed by atoms with van der Waals surface area (Å²) in [6.45, 7) is 6.23. The molecule has 1 unspecified atom stereocenters. The quantitative estimate of drug-likeness (QED) is 0.666. The molecular weight excluding hydrogens is 164 g/mol. The Morgan fingerprint density at radius 2 is 2.31 bits per heavy atom. The first-order valence-electron chi connectivity index (χ1n) is 5.22. The minimum absolute atomic E-state index is 0.215. The normalized spacial score (nSPS) is 19.2. The lowest BCUT2D eigenvalue weighted by atomic mass is 9.99. The summed E-state index contributed by atoms with van der Waals surface area (Å²) < 4.78 is 0. The van der Waals surface area contributed by atoms with Gasteiger partial charge in [-0.2, -0.15) is 0 Å². The lowest BCUT2D eigenvalue weighted by Crippen LogP contribution is -2.45. The van der Waals surface area contributed by atoms with Crippen molar-refractivity contribution < 1.29 is 4.79 Å². The summed E-state index contributed by atoms with van der Waals surface area (Å²) in [5.74, 6) is 0.793. The Labute approximate surface area is 80.3 Å². The Kier molecular flexibility index (Phi) is 4.22. The molecule has 13 heavy (non-hydrogen) atoms. The molecule has 0 aromatic heterocycles. The summed E-state index contributed by atoms with van der Waals surface area (Å²) in [6.07, 6.45) is 2.90. The van der Waals surface area contributed by atoms with Gasteiger partial charge in [0.05, 0.1) is 0 Å². The summed E-state index contributed by atoms with van der Waals surface area (Å²) in [5.41, 5.74) is 0. The molecule has 0 bridgehead atoms. The van der Waals surface area contributed by atoms with Crippen LogP contribution in [0.1, 0.15) is 33.1 Å². The summed E-state index contributed by atoms with van der Waals surface area (Å²) in [4.78, 5) is 11.4. The van der Waals surface area contributed by atoms with Crippen LogP contribution in [0.15, 0.2) is 0 Å². The van der Waals surface area contributed by atoms with Crippen molar-refractivity contribution in [1.29, 1.82) is 0 Å². The van der Waals surface area contributed by atoms with E-state index in [1.165, 1.54) is 0 Å². The van der Waals surface area contributed by atoms with Crippen LogP contribution in [-0.4, -0.2) is 25.0 Å². The highest BCUT2D eigenvalue weighted by Crippen LogP contribution is 2.08. The smallest absolute Gasteiger partial charge is 0.220 e. The molecule has 76 valence electrons. The summed E-state index contributed by atoms with van der Waals surface area (Å²) >= 11 is 0. The van der Waals surface area contributed by atoms with E-state index in [2.05, 4.69) is 24.5 Å². The zero-order chi connectivity index (χ0) is 9.68. The first-order chi connectivity index (χ1) is 6.22. The van der Waals surface area contributed by atoms with Crippen molar-refractivity contribution in [3.05, 3.63) is 0 Å². The van der Waals surface area contributed by atoms with Crippen LogP contribution in [0.3, 0.4) is 0 Å². The molecule has 1 saturated heterocycles. The van der Waals surface area contributed by atoms with Gasteiger partial charge in [0.15, 0.2) is 0 Å². The number of nitrogens with one attached hydrogen (secondary N) is 2. The number of rotatable bonds is 5. The Hall–Kier alpha value is -0.570. The predicted octanol–water partition coefficient (Wildman–Crippen LogP) is 0.901. The van der Waals surface area contributed by atoms with E-state index in [0.717, 1.165) is 25.9 Å². The molecule has 0 aromatic rings. The molecule has 1 amide bonds. The average molecular weight is 184 g/mol. The van der Waals surface area contributed by atoms with Gasteiger partial charge in [-0.05, 0) is 32.4 Å². The van der Waals surface area contributed by atoms with Crippen molar-refractivity contribution in [3.63, 3.8) is 0 Å². The zero-order valence-corrected chi connectivity index (χ0v) is 8.60. The average Bonchev–Trinajstić information content (AvgIpc) is 1.97. The van der Waals surface area contributed by atoms with Crippen LogP contribution in [0.4, 0.5) is 0 Å². The number of hydrogen-bond donors (Lipinski definition) is 2. The molecule has 3 heteroatoms. The van der Waals surface area contributed by atoms with Crippen molar-refractivity contribution in [2.45, 2.75) is 39.2 Å². The fourth-order valence-electron chi connectivity index (χ4n) is 1.59. The van der Waals surface area contributed by atoms with E-state index >= 15 is 0 Å². The molecule has 1 aliphatic rings. The van der Waals surface area contributed by atoms with Crippen molar-refractivity contribution >= 4 is 5.91 Å². The van der Waals surface area contributed by atoms with Gasteiger partial charge in [0.1, 0.15) is 0 Å². The fraction of sp³-hybridized carbons (Fsp3) is 0.900. The number of hydrogen-bond acceptors (Lipinski definition) is 2. The van der Waals surface area contributed by atoms with Gasteiger partial charge in [-0.3, -0.25) is 4.79 Å². The van der Waals surface area contributed by atoms with Crippen LogP contribution in [0.25, 0.3) is 0 Å². The number of amides is 1. The topological polar surface area (TPSA) is 41.1 Å². The molecule has 1 aliphatic heterocycles. The lowest BCUT2D eigenvalue weighted by Gasteiger charge is -2.26. The lowest BCUT2D eigenvalue weighted by molar-refractivity contribution is -0.123. The van der Waals surface area contributed by atoms with Gasteiger partial charge in [0.2, 0.25) is 5.91 Å². The van der Waals surface area contributed by atoms with Crippen molar-refractivity contribution in [3.8, 4) is 0 Å². The van der Waals surface area contributed by atoms with Crippen LogP contribution in [0.2, 0.25) is 0 Å². The predicted molar refractivity (Wildman–Crippen MR) is 53.5 cm³/mol. The largest absolute Gasteiger partial charge is 0.354 e. The first kappa shape index (κ1) is 10.5. The summed E-state index contributed by atoms with van der Waals surface area (Å²) in [7, 11) is 0. The molecule has 2 N–H and O–H groups in total. The molecular formula is C10H20N2O. The maximum absolute atomic E-state index is 11.4. The second-order valence-corrected chi connectivity index (χ2v) is 3.99. The molecule has 1 atom stereocenters. The van der Waals surface area contributed by atoms with E-state index in [1.807, 2.05) is 0 Å². The van der Waals surface area contributed by atoms with E-state index in [1.54, 1.807) is 0 Å². The summed E-state index contributed by atoms with van der Waals surface area (Å²) in [5, 5.41) is 6.18. The third kappa shape index (κ3) is 3.77. The Bertz CT molecular complexity index is 166. The molecule has 1 fully saturated rings. The van der Waals surface area contributed by atoms with Gasteiger partial charge in [0, 0.05) is 12.5 Å². The Morgan fingerprint density at radius 1 is 1.62 bits per heavy atom. The molecule has 1 rings (SSSR count). The van der Waals surface area contributed by atoms with Crippen molar-refractivity contribution in [1.82, 2.24) is 10.6 Å². The molecule has 0 radical (unpaired) electrons. The molecule has 0 aromatic carbocycles. The highest BCUT2D eigenvalue weighted by atomic mass is 16.1. The van der Waals surface area contributed by atoms with Crippen LogP contribution >= 0.6 is 0 Å². The maximum atomic E-state index is 11.4. The second-order valence-electron chi connectivity index (χ2n) is 3.99. The monoisotopic (exact) mass is 184 g/mol. The second kappa shape index (κ2) is 5.22. The van der Waals surface area contributed by atoms with Gasteiger partial charge in [0.25, 0.3) is 0 Å². The maximum Gasteiger partial charge on any atom is 0.220 e. The van der Waals surface area contributed by atoms with E-state index in [4.69, 9.17) is 0 Å². The molecule has 0 spiro atoms. The highest BCUT2D eigenvalue weighted by molar-refractivity contribution is 5.76. The fourth-order valence-corrected chi connectivity index (χ4v) is 1.59. The Morgan fingerprint density at radius 3 is 2.77 bits per heavy atom. The van der Waals surface area contributed by atoms with Gasteiger partial charge in [-0.15, -0.1) is 0 Å². The highest BCUT2D eigenvalue weighted by Gasteiger charge is 2.20. The number of carbonyl (C=O) groups excluding carboxylic acids is 1.